The van der Waals surface area contributed by atoms with Crippen LogP contribution in [-0.4, -0.2) is 34.2 Å². The summed E-state index contributed by atoms with van der Waals surface area (Å²) < 4.78 is 1.86. The molecule has 2 N–H and O–H groups in total. The Morgan fingerprint density at radius 3 is 2.83 bits per heavy atom. The predicted octanol–water partition coefficient (Wildman–Crippen LogP) is 1.21. The summed E-state index contributed by atoms with van der Waals surface area (Å²) in [5.74, 6) is 1.51. The Balaban J connectivity index is 1.82. The Hall–Kier alpha value is -1.62. The molecule has 0 unspecified atom stereocenters. The fraction of sp³-hybridized carbons (Fsp3) is 0.538. The number of fused-ring (bicyclic) bond motifs is 1. The topological polar surface area (TPSA) is 59.5 Å². The van der Waals surface area contributed by atoms with Gasteiger partial charge >= 0.3 is 0 Å². The van der Waals surface area contributed by atoms with Gasteiger partial charge in [0.1, 0.15) is 0 Å². The van der Waals surface area contributed by atoms with Crippen molar-refractivity contribution in [1.29, 1.82) is 0 Å². The Morgan fingerprint density at radius 1 is 1.33 bits per heavy atom. The molecule has 3 rings (SSSR count). The molecule has 96 valence electrons. The van der Waals surface area contributed by atoms with E-state index in [1.165, 1.54) is 5.56 Å². The Bertz CT molecular complexity index is 539. The van der Waals surface area contributed by atoms with Crippen molar-refractivity contribution >= 4 is 11.6 Å². The fourth-order valence-electron chi connectivity index (χ4n) is 2.48. The maximum absolute atomic E-state index is 5.71. The molecule has 0 atom stereocenters. The number of pyridine rings is 1. The number of nitrogens with two attached hydrogens (primary N) is 1. The molecule has 2 aromatic heterocycles. The number of nitrogens with zero attached hydrogens (tertiary/aromatic N) is 4. The van der Waals surface area contributed by atoms with Crippen LogP contribution in [0.1, 0.15) is 18.4 Å². The normalized spacial score (nSPS) is 17.6. The molecule has 0 aliphatic carbocycles. The molecule has 0 spiro atoms. The summed E-state index contributed by atoms with van der Waals surface area (Å²) in [4.78, 5) is 6.83. The SMILES string of the molecule is Cc1ccc2nc(N3CCC(CN)CC3)nn2c1. The van der Waals surface area contributed by atoms with E-state index in [1.807, 2.05) is 16.8 Å². The first-order valence-corrected chi connectivity index (χ1v) is 6.54. The second-order valence-corrected chi connectivity index (χ2v) is 5.09. The molecule has 0 amide bonds. The van der Waals surface area contributed by atoms with Crippen molar-refractivity contribution in [3.8, 4) is 0 Å². The zero-order valence-electron chi connectivity index (χ0n) is 10.7. The molecule has 18 heavy (non-hydrogen) atoms. The van der Waals surface area contributed by atoms with Gasteiger partial charge < -0.3 is 10.6 Å². The first-order valence-electron chi connectivity index (χ1n) is 6.54. The number of piperidine rings is 1. The van der Waals surface area contributed by atoms with Gasteiger partial charge in [-0.1, -0.05) is 6.07 Å². The van der Waals surface area contributed by atoms with E-state index < -0.39 is 0 Å². The lowest BCUT2D eigenvalue weighted by Gasteiger charge is -2.30. The number of anilines is 1. The smallest absolute Gasteiger partial charge is 0.245 e. The Morgan fingerprint density at radius 2 is 2.11 bits per heavy atom. The minimum absolute atomic E-state index is 0.667. The molecule has 0 saturated carbocycles. The van der Waals surface area contributed by atoms with Gasteiger partial charge in [0.2, 0.25) is 5.95 Å². The van der Waals surface area contributed by atoms with Gasteiger partial charge in [-0.25, -0.2) is 4.52 Å². The van der Waals surface area contributed by atoms with Gasteiger partial charge in [0.05, 0.1) is 0 Å². The van der Waals surface area contributed by atoms with Crippen molar-refractivity contribution in [3.63, 3.8) is 0 Å². The van der Waals surface area contributed by atoms with Gasteiger partial charge in [0, 0.05) is 19.3 Å². The van der Waals surface area contributed by atoms with E-state index >= 15 is 0 Å². The zero-order chi connectivity index (χ0) is 12.5. The van der Waals surface area contributed by atoms with Crippen LogP contribution in [0.4, 0.5) is 5.95 Å². The van der Waals surface area contributed by atoms with E-state index in [0.717, 1.165) is 44.1 Å². The van der Waals surface area contributed by atoms with Crippen LogP contribution in [0.5, 0.6) is 0 Å². The van der Waals surface area contributed by atoms with Crippen LogP contribution in [0.15, 0.2) is 18.3 Å². The van der Waals surface area contributed by atoms with Crippen LogP contribution >= 0.6 is 0 Å². The number of rotatable bonds is 2. The van der Waals surface area contributed by atoms with Crippen LogP contribution in [0.2, 0.25) is 0 Å². The molecular formula is C13H19N5. The summed E-state index contributed by atoms with van der Waals surface area (Å²) in [5, 5.41) is 4.55. The average molecular weight is 245 g/mol. The van der Waals surface area contributed by atoms with Crippen molar-refractivity contribution in [2.24, 2.45) is 11.7 Å². The van der Waals surface area contributed by atoms with E-state index in [1.54, 1.807) is 0 Å². The highest BCUT2D eigenvalue weighted by Crippen LogP contribution is 2.20. The maximum atomic E-state index is 5.71. The third-order valence-electron chi connectivity index (χ3n) is 3.70. The van der Waals surface area contributed by atoms with Crippen molar-refractivity contribution in [3.05, 3.63) is 23.9 Å². The second-order valence-electron chi connectivity index (χ2n) is 5.09. The summed E-state index contributed by atoms with van der Waals surface area (Å²) >= 11 is 0. The lowest BCUT2D eigenvalue weighted by molar-refractivity contribution is 0.411. The quantitative estimate of drug-likeness (QED) is 0.864. The average Bonchev–Trinajstić information content (AvgIpc) is 2.81. The molecule has 5 nitrogen and oxygen atoms in total. The van der Waals surface area contributed by atoms with Crippen LogP contribution in [0, 0.1) is 12.8 Å². The summed E-state index contributed by atoms with van der Waals surface area (Å²) in [6, 6.07) is 4.08. The Kier molecular flexibility index (Phi) is 2.91. The number of hydrogen-bond donors (Lipinski definition) is 1. The van der Waals surface area contributed by atoms with Gasteiger partial charge in [-0.15, -0.1) is 5.10 Å². The van der Waals surface area contributed by atoms with Gasteiger partial charge in [-0.05, 0) is 43.9 Å². The van der Waals surface area contributed by atoms with Crippen LogP contribution in [0.3, 0.4) is 0 Å². The van der Waals surface area contributed by atoms with Gasteiger partial charge in [-0.3, -0.25) is 0 Å². The number of aryl methyl sites for hydroxylation is 1. The minimum atomic E-state index is 0.667. The minimum Gasteiger partial charge on any atom is -0.339 e. The second kappa shape index (κ2) is 4.57. The van der Waals surface area contributed by atoms with E-state index in [4.69, 9.17) is 5.73 Å². The summed E-state index contributed by atoms with van der Waals surface area (Å²) in [5.41, 5.74) is 7.82. The first kappa shape index (κ1) is 11.5. The van der Waals surface area contributed by atoms with Crippen LogP contribution in [-0.2, 0) is 0 Å². The van der Waals surface area contributed by atoms with Gasteiger partial charge in [-0.2, -0.15) is 4.98 Å². The zero-order valence-corrected chi connectivity index (χ0v) is 10.7. The molecule has 0 bridgehead atoms. The molecule has 0 radical (unpaired) electrons. The van der Waals surface area contributed by atoms with E-state index in [0.29, 0.717) is 5.92 Å². The monoisotopic (exact) mass is 245 g/mol. The molecule has 3 heterocycles. The first-order chi connectivity index (χ1) is 8.76. The highest BCUT2D eigenvalue weighted by Gasteiger charge is 2.20. The van der Waals surface area contributed by atoms with E-state index in [-0.39, 0.29) is 0 Å². The summed E-state index contributed by atoms with van der Waals surface area (Å²) in [6.45, 7) is 4.88. The number of aromatic nitrogens is 3. The van der Waals surface area contributed by atoms with Crippen LogP contribution in [0.25, 0.3) is 5.65 Å². The molecule has 1 aliphatic rings. The van der Waals surface area contributed by atoms with E-state index in [9.17, 15) is 0 Å². The standard InChI is InChI=1S/C13H19N5/c1-10-2-3-12-15-13(16-18(12)9-10)17-6-4-11(8-14)5-7-17/h2-3,9,11H,4-8,14H2,1H3. The molecule has 0 aromatic carbocycles. The molecular weight excluding hydrogens is 226 g/mol. The molecule has 5 heteroatoms. The van der Waals surface area contributed by atoms with Gasteiger partial charge in [0.15, 0.2) is 5.65 Å². The fourth-order valence-corrected chi connectivity index (χ4v) is 2.48. The highest BCUT2D eigenvalue weighted by atomic mass is 15.4. The third kappa shape index (κ3) is 2.06. The lowest BCUT2D eigenvalue weighted by atomic mass is 9.97. The predicted molar refractivity (Wildman–Crippen MR) is 71.7 cm³/mol. The van der Waals surface area contributed by atoms with Gasteiger partial charge in [0.25, 0.3) is 0 Å². The maximum Gasteiger partial charge on any atom is 0.245 e. The largest absolute Gasteiger partial charge is 0.339 e. The van der Waals surface area contributed by atoms with Crippen molar-refractivity contribution in [2.75, 3.05) is 24.5 Å². The molecule has 1 aliphatic heterocycles. The summed E-state index contributed by atoms with van der Waals surface area (Å²) in [6.07, 6.45) is 4.30. The molecule has 2 aromatic rings. The lowest BCUT2D eigenvalue weighted by Crippen LogP contribution is -2.36. The summed E-state index contributed by atoms with van der Waals surface area (Å²) in [7, 11) is 0. The highest BCUT2D eigenvalue weighted by molar-refractivity contribution is 5.45. The van der Waals surface area contributed by atoms with Crippen molar-refractivity contribution < 1.29 is 0 Å². The molecule has 1 saturated heterocycles. The Labute approximate surface area is 107 Å². The molecule has 1 fully saturated rings. The van der Waals surface area contributed by atoms with Crippen molar-refractivity contribution in [2.45, 2.75) is 19.8 Å². The van der Waals surface area contributed by atoms with Crippen LogP contribution < -0.4 is 10.6 Å². The van der Waals surface area contributed by atoms with E-state index in [2.05, 4.69) is 28.0 Å². The van der Waals surface area contributed by atoms with Crippen molar-refractivity contribution in [1.82, 2.24) is 14.6 Å². The number of hydrogen-bond acceptors (Lipinski definition) is 4. The third-order valence-corrected chi connectivity index (χ3v) is 3.70.